The van der Waals surface area contributed by atoms with E-state index in [1.54, 1.807) is 55.6 Å². The number of aromatic nitrogens is 4. The van der Waals surface area contributed by atoms with Gasteiger partial charge in [-0.3, -0.25) is 14.2 Å². The first kappa shape index (κ1) is 22.2. The molecular weight excluding hydrogens is 472 g/mol. The van der Waals surface area contributed by atoms with Crippen LogP contribution in [0.25, 0.3) is 27.5 Å². The number of thioether (sulfide) groups is 1. The number of H-pyrrole nitrogens is 1. The van der Waals surface area contributed by atoms with Crippen molar-refractivity contribution in [3.63, 3.8) is 0 Å². The number of nitrogens with one attached hydrogen (secondary N) is 1. The molecule has 1 N–H and O–H groups in total. The molecule has 3 aromatic carbocycles. The number of nitrogens with zero attached hydrogens (tertiary/aromatic N) is 3. The Labute approximate surface area is 203 Å². The van der Waals surface area contributed by atoms with Crippen LogP contribution in [0.4, 0.5) is 0 Å². The summed E-state index contributed by atoms with van der Waals surface area (Å²) in [6.07, 6.45) is 0. The van der Waals surface area contributed by atoms with E-state index in [0.29, 0.717) is 49.2 Å². The molecule has 7 nitrogen and oxygen atoms in total. The van der Waals surface area contributed by atoms with Crippen molar-refractivity contribution < 1.29 is 4.74 Å². The van der Waals surface area contributed by atoms with Crippen LogP contribution in [0, 0.1) is 0 Å². The standard InChI is InChI=1S/C25H19ClN4O3S/c1-14(22-27-18-8-4-3-7-16(18)23(31)29-22)34-25-28-19-13-15(26)11-12-17(19)24(32)30(25)20-9-5-6-10-21(20)33-2/h3-14H,1-2H3,(H,27,29,31). The second-order valence-corrected chi connectivity index (χ2v) is 9.34. The molecule has 0 bridgehead atoms. The summed E-state index contributed by atoms with van der Waals surface area (Å²) in [5.41, 5.74) is 1.19. The van der Waals surface area contributed by atoms with Gasteiger partial charge in [0, 0.05) is 5.02 Å². The highest BCUT2D eigenvalue weighted by molar-refractivity contribution is 7.99. The maximum atomic E-state index is 13.6. The highest BCUT2D eigenvalue weighted by Crippen LogP contribution is 2.35. The van der Waals surface area contributed by atoms with E-state index in [4.69, 9.17) is 21.3 Å². The summed E-state index contributed by atoms with van der Waals surface area (Å²) < 4.78 is 7.04. The van der Waals surface area contributed by atoms with Crippen LogP contribution >= 0.6 is 23.4 Å². The lowest BCUT2D eigenvalue weighted by Crippen LogP contribution is -2.23. The lowest BCUT2D eigenvalue weighted by molar-refractivity contribution is 0.411. The van der Waals surface area contributed by atoms with E-state index in [2.05, 4.69) is 9.97 Å². The van der Waals surface area contributed by atoms with Crippen LogP contribution in [0.2, 0.25) is 5.02 Å². The largest absolute Gasteiger partial charge is 0.495 e. The third-order valence-corrected chi connectivity index (χ3v) is 6.72. The Hall–Kier alpha value is -3.62. The molecule has 0 aliphatic carbocycles. The van der Waals surface area contributed by atoms with Crippen LogP contribution in [0.15, 0.2) is 81.5 Å². The SMILES string of the molecule is COc1ccccc1-n1c(SC(C)c2nc3ccccc3c(=O)[nH]2)nc2cc(Cl)ccc2c1=O. The van der Waals surface area contributed by atoms with Crippen molar-refractivity contribution >= 4 is 45.2 Å². The Bertz CT molecular complexity index is 1660. The van der Waals surface area contributed by atoms with E-state index >= 15 is 0 Å². The molecule has 1 unspecified atom stereocenters. The van der Waals surface area contributed by atoms with Crippen LogP contribution in [0.3, 0.4) is 0 Å². The Morgan fingerprint density at radius 2 is 1.74 bits per heavy atom. The summed E-state index contributed by atoms with van der Waals surface area (Å²) in [7, 11) is 1.55. The van der Waals surface area contributed by atoms with Crippen molar-refractivity contribution in [3.05, 3.63) is 98.3 Å². The van der Waals surface area contributed by atoms with Gasteiger partial charge in [-0.05, 0) is 49.4 Å². The van der Waals surface area contributed by atoms with Crippen molar-refractivity contribution in [2.24, 2.45) is 0 Å². The van der Waals surface area contributed by atoms with Crippen LogP contribution in [-0.4, -0.2) is 26.6 Å². The fourth-order valence-corrected chi connectivity index (χ4v) is 4.90. The van der Waals surface area contributed by atoms with E-state index in [1.807, 2.05) is 25.1 Å². The number of fused-ring (bicyclic) bond motifs is 2. The van der Waals surface area contributed by atoms with Crippen LogP contribution in [-0.2, 0) is 0 Å². The molecule has 170 valence electrons. The van der Waals surface area contributed by atoms with Crippen molar-refractivity contribution in [3.8, 4) is 11.4 Å². The number of rotatable bonds is 5. The normalized spacial score (nSPS) is 12.2. The van der Waals surface area contributed by atoms with Crippen LogP contribution in [0.1, 0.15) is 18.0 Å². The summed E-state index contributed by atoms with van der Waals surface area (Å²) in [5, 5.41) is 1.55. The molecule has 0 aliphatic heterocycles. The number of aromatic amines is 1. The molecule has 5 rings (SSSR count). The van der Waals surface area contributed by atoms with E-state index in [1.165, 1.54) is 16.3 Å². The average Bonchev–Trinajstić information content (AvgIpc) is 2.84. The lowest BCUT2D eigenvalue weighted by Gasteiger charge is -2.18. The zero-order valence-corrected chi connectivity index (χ0v) is 19.9. The quantitative estimate of drug-likeness (QED) is 0.271. The fraction of sp³-hybridized carbons (Fsp3) is 0.120. The Morgan fingerprint density at radius 1 is 0.971 bits per heavy atom. The molecule has 0 amide bonds. The summed E-state index contributed by atoms with van der Waals surface area (Å²) in [6.45, 7) is 1.90. The molecular formula is C25H19ClN4O3S. The monoisotopic (exact) mass is 490 g/mol. The summed E-state index contributed by atoms with van der Waals surface area (Å²) in [6, 6.07) is 19.4. The van der Waals surface area contributed by atoms with Gasteiger partial charge in [0.25, 0.3) is 11.1 Å². The third kappa shape index (κ3) is 3.95. The van der Waals surface area contributed by atoms with Gasteiger partial charge in [0.05, 0.1) is 39.9 Å². The predicted octanol–water partition coefficient (Wildman–Crippen LogP) is 5.14. The van der Waals surface area contributed by atoms with Gasteiger partial charge in [-0.2, -0.15) is 0 Å². The molecule has 1 atom stereocenters. The average molecular weight is 491 g/mol. The van der Waals surface area contributed by atoms with Gasteiger partial charge >= 0.3 is 0 Å². The number of hydrogen-bond acceptors (Lipinski definition) is 6. The van der Waals surface area contributed by atoms with Crippen molar-refractivity contribution in [1.29, 1.82) is 0 Å². The van der Waals surface area contributed by atoms with Crippen LogP contribution in [0.5, 0.6) is 5.75 Å². The molecule has 2 aromatic heterocycles. The smallest absolute Gasteiger partial charge is 0.266 e. The van der Waals surface area contributed by atoms with E-state index in [9.17, 15) is 9.59 Å². The summed E-state index contributed by atoms with van der Waals surface area (Å²) in [5.74, 6) is 1.02. The molecule has 0 radical (unpaired) electrons. The minimum atomic E-state index is -0.318. The third-order valence-electron chi connectivity index (χ3n) is 5.43. The summed E-state index contributed by atoms with van der Waals surface area (Å²) in [4.78, 5) is 38.5. The van der Waals surface area contributed by atoms with Gasteiger partial charge in [0.1, 0.15) is 11.6 Å². The Morgan fingerprint density at radius 3 is 2.56 bits per heavy atom. The molecule has 34 heavy (non-hydrogen) atoms. The maximum Gasteiger partial charge on any atom is 0.266 e. The fourth-order valence-electron chi connectivity index (χ4n) is 3.76. The number of ether oxygens (including phenoxy) is 1. The van der Waals surface area contributed by atoms with Gasteiger partial charge in [-0.1, -0.05) is 47.6 Å². The Kier molecular flexibility index (Phi) is 5.85. The summed E-state index contributed by atoms with van der Waals surface area (Å²) >= 11 is 7.49. The minimum Gasteiger partial charge on any atom is -0.495 e. The molecule has 0 fully saturated rings. The predicted molar refractivity (Wildman–Crippen MR) is 136 cm³/mol. The highest BCUT2D eigenvalue weighted by Gasteiger charge is 2.21. The minimum absolute atomic E-state index is 0.214. The van der Waals surface area contributed by atoms with Gasteiger partial charge in [-0.25, -0.2) is 9.97 Å². The number of benzene rings is 3. The van der Waals surface area contributed by atoms with Crippen molar-refractivity contribution in [2.75, 3.05) is 7.11 Å². The maximum absolute atomic E-state index is 13.6. The van der Waals surface area contributed by atoms with E-state index in [0.717, 1.165) is 0 Å². The lowest BCUT2D eigenvalue weighted by atomic mass is 10.2. The van der Waals surface area contributed by atoms with Crippen LogP contribution < -0.4 is 15.9 Å². The molecule has 0 spiro atoms. The molecule has 0 aliphatic rings. The van der Waals surface area contributed by atoms with Gasteiger partial charge < -0.3 is 9.72 Å². The number of hydrogen-bond donors (Lipinski definition) is 1. The van der Waals surface area contributed by atoms with E-state index < -0.39 is 0 Å². The molecule has 2 heterocycles. The number of halogens is 1. The zero-order chi connectivity index (χ0) is 23.8. The van der Waals surface area contributed by atoms with Gasteiger partial charge in [-0.15, -0.1) is 0 Å². The zero-order valence-electron chi connectivity index (χ0n) is 18.3. The molecule has 0 saturated heterocycles. The molecule has 0 saturated carbocycles. The first-order chi connectivity index (χ1) is 16.5. The molecule has 5 aromatic rings. The van der Waals surface area contributed by atoms with Crippen molar-refractivity contribution in [2.45, 2.75) is 17.3 Å². The van der Waals surface area contributed by atoms with E-state index in [-0.39, 0.29) is 16.4 Å². The molecule has 9 heteroatoms. The van der Waals surface area contributed by atoms with Crippen molar-refractivity contribution in [1.82, 2.24) is 19.5 Å². The first-order valence-electron chi connectivity index (χ1n) is 10.5. The van der Waals surface area contributed by atoms with Gasteiger partial charge in [0.15, 0.2) is 5.16 Å². The second-order valence-electron chi connectivity index (χ2n) is 7.60. The first-order valence-corrected chi connectivity index (χ1v) is 11.7. The van der Waals surface area contributed by atoms with Gasteiger partial charge in [0.2, 0.25) is 0 Å². The second kappa shape index (κ2) is 8.96. The Balaban J connectivity index is 1.69. The topological polar surface area (TPSA) is 89.9 Å². The number of para-hydroxylation sites is 3. The number of methoxy groups -OCH3 is 1. The highest BCUT2D eigenvalue weighted by atomic mass is 35.5.